The quantitative estimate of drug-likeness (QED) is 0.0651. The molecule has 4 rings (SSSR count). The van der Waals surface area contributed by atoms with Crippen molar-refractivity contribution in [2.75, 3.05) is 13.1 Å². The summed E-state index contributed by atoms with van der Waals surface area (Å²) >= 11 is 0. The zero-order valence-corrected chi connectivity index (χ0v) is 25.7. The van der Waals surface area contributed by atoms with Crippen molar-refractivity contribution >= 4 is 34.6 Å². The van der Waals surface area contributed by atoms with Crippen LogP contribution in [0, 0.1) is 6.92 Å². The zero-order valence-electron chi connectivity index (χ0n) is 25.7. The predicted octanol–water partition coefficient (Wildman–Crippen LogP) is 3.03. The number of aliphatic imine (C=N–C) groups is 1. The summed E-state index contributed by atoms with van der Waals surface area (Å²) in [5.74, 6) is -1.01. The lowest BCUT2D eigenvalue weighted by atomic mass is 10.0. The Labute approximate surface area is 264 Å². The van der Waals surface area contributed by atoms with Crippen LogP contribution in [0.2, 0.25) is 0 Å². The molecule has 3 aromatic carbocycles. The van der Waals surface area contributed by atoms with Crippen molar-refractivity contribution in [2.24, 2.45) is 16.5 Å². The fourth-order valence-electron chi connectivity index (χ4n) is 5.16. The Balaban J connectivity index is 1.41. The molecule has 1 heterocycles. The molecule has 3 amide bonds. The van der Waals surface area contributed by atoms with Crippen LogP contribution < -0.4 is 27.4 Å². The average molecular weight is 610 g/mol. The highest BCUT2D eigenvalue weighted by Crippen LogP contribution is 2.17. The van der Waals surface area contributed by atoms with Gasteiger partial charge in [-0.15, -0.1) is 0 Å². The van der Waals surface area contributed by atoms with Gasteiger partial charge in [0.05, 0.1) is 0 Å². The summed E-state index contributed by atoms with van der Waals surface area (Å²) < 4.78 is 0. The number of guanidine groups is 1. The molecule has 4 aromatic rings. The molecular weight excluding hydrogens is 566 g/mol. The Morgan fingerprint density at radius 1 is 0.822 bits per heavy atom. The standard InChI is InChI=1S/C35H43N7O3/c1-24-13-15-25(16-14-24)17-18-32(43)41-31(22-26-8-3-2-4-9-26)34(45)42-30(12-7-20-39-35(36)37)33(44)38-21-19-27-23-40-29-11-6-5-10-28(27)29/h2-6,8-11,13-16,23,30-31,40H,7,12,17-22H2,1H3,(H,38,44)(H,41,43)(H,42,45)(H4,36,37,39)/t30-,31+/m0/s1. The number of H-pyrrole nitrogens is 1. The summed E-state index contributed by atoms with van der Waals surface area (Å²) in [5, 5.41) is 9.89. The predicted molar refractivity (Wildman–Crippen MR) is 178 cm³/mol. The van der Waals surface area contributed by atoms with Crippen LogP contribution in [-0.4, -0.2) is 53.8 Å². The molecule has 8 N–H and O–H groups in total. The number of nitrogens with zero attached hydrogens (tertiary/aromatic N) is 1. The van der Waals surface area contributed by atoms with Crippen LogP contribution in [0.5, 0.6) is 0 Å². The molecule has 0 aliphatic rings. The van der Waals surface area contributed by atoms with Gasteiger partial charge in [-0.1, -0.05) is 78.4 Å². The number of carbonyl (C=O) groups is 3. The molecule has 0 radical (unpaired) electrons. The van der Waals surface area contributed by atoms with Crippen molar-refractivity contribution in [3.63, 3.8) is 0 Å². The van der Waals surface area contributed by atoms with E-state index in [4.69, 9.17) is 11.5 Å². The molecule has 0 fully saturated rings. The molecule has 0 aliphatic heterocycles. The van der Waals surface area contributed by atoms with Gasteiger partial charge in [0.1, 0.15) is 12.1 Å². The average Bonchev–Trinajstić information content (AvgIpc) is 3.45. The van der Waals surface area contributed by atoms with Gasteiger partial charge in [-0.3, -0.25) is 19.4 Å². The highest BCUT2D eigenvalue weighted by molar-refractivity contribution is 5.92. The number of para-hydroxylation sites is 1. The largest absolute Gasteiger partial charge is 0.370 e. The van der Waals surface area contributed by atoms with E-state index < -0.39 is 18.0 Å². The van der Waals surface area contributed by atoms with E-state index in [0.717, 1.165) is 33.2 Å². The van der Waals surface area contributed by atoms with Crippen LogP contribution in [0.1, 0.15) is 41.5 Å². The molecular formula is C35H43N7O3. The van der Waals surface area contributed by atoms with Crippen LogP contribution >= 0.6 is 0 Å². The van der Waals surface area contributed by atoms with Crippen LogP contribution in [-0.2, 0) is 33.6 Å². The van der Waals surface area contributed by atoms with Crippen LogP contribution in [0.3, 0.4) is 0 Å². The van der Waals surface area contributed by atoms with Crippen molar-refractivity contribution in [1.29, 1.82) is 0 Å². The SMILES string of the molecule is Cc1ccc(CCC(=O)N[C@H](Cc2ccccc2)C(=O)N[C@@H](CCCN=C(N)N)C(=O)NCCc2c[nH]c3ccccc23)cc1. The second kappa shape index (κ2) is 16.7. The van der Waals surface area contributed by atoms with Gasteiger partial charge in [0.25, 0.3) is 0 Å². The number of aromatic nitrogens is 1. The van der Waals surface area contributed by atoms with Crippen molar-refractivity contribution in [3.8, 4) is 0 Å². The third-order valence-corrected chi connectivity index (χ3v) is 7.64. The Morgan fingerprint density at radius 2 is 1.56 bits per heavy atom. The summed E-state index contributed by atoms with van der Waals surface area (Å²) in [4.78, 5) is 47.3. The Hall–Kier alpha value is -5.12. The van der Waals surface area contributed by atoms with E-state index in [0.29, 0.717) is 38.8 Å². The van der Waals surface area contributed by atoms with Gasteiger partial charge in [-0.2, -0.15) is 0 Å². The Bertz CT molecular complexity index is 1580. The first-order valence-corrected chi connectivity index (χ1v) is 15.4. The van der Waals surface area contributed by atoms with E-state index in [-0.39, 0.29) is 30.6 Å². The number of nitrogens with two attached hydrogens (primary N) is 2. The van der Waals surface area contributed by atoms with Crippen molar-refractivity contribution in [2.45, 2.75) is 57.5 Å². The van der Waals surface area contributed by atoms with Gasteiger partial charge >= 0.3 is 0 Å². The van der Waals surface area contributed by atoms with Gasteiger partial charge in [0.15, 0.2) is 5.96 Å². The molecule has 236 valence electrons. The number of aryl methyl sites for hydroxylation is 2. The minimum Gasteiger partial charge on any atom is -0.370 e. The van der Waals surface area contributed by atoms with E-state index >= 15 is 0 Å². The fraction of sp³-hybridized carbons (Fsp3) is 0.314. The number of carbonyl (C=O) groups excluding carboxylic acids is 3. The molecule has 0 aliphatic carbocycles. The third kappa shape index (κ3) is 10.5. The zero-order chi connectivity index (χ0) is 32.0. The number of fused-ring (bicyclic) bond motifs is 1. The Kier molecular flexibility index (Phi) is 12.1. The van der Waals surface area contributed by atoms with E-state index in [1.807, 2.05) is 92.0 Å². The molecule has 0 unspecified atom stereocenters. The maximum Gasteiger partial charge on any atom is 0.243 e. The monoisotopic (exact) mass is 609 g/mol. The van der Waals surface area contributed by atoms with Gasteiger partial charge < -0.3 is 32.4 Å². The molecule has 0 saturated carbocycles. The van der Waals surface area contributed by atoms with E-state index in [9.17, 15) is 14.4 Å². The molecule has 0 saturated heterocycles. The number of benzene rings is 3. The van der Waals surface area contributed by atoms with Gasteiger partial charge in [-0.05, 0) is 55.4 Å². The maximum atomic E-state index is 13.7. The topological polar surface area (TPSA) is 167 Å². The second-order valence-corrected chi connectivity index (χ2v) is 11.2. The highest BCUT2D eigenvalue weighted by Gasteiger charge is 2.27. The number of aromatic amines is 1. The number of hydrogen-bond acceptors (Lipinski definition) is 4. The number of nitrogens with one attached hydrogen (secondary N) is 4. The molecule has 1 aromatic heterocycles. The summed E-state index contributed by atoms with van der Waals surface area (Å²) in [6.45, 7) is 2.73. The first-order valence-electron chi connectivity index (χ1n) is 15.4. The third-order valence-electron chi connectivity index (χ3n) is 7.64. The van der Waals surface area contributed by atoms with Gasteiger partial charge in [-0.25, -0.2) is 0 Å². The fourth-order valence-corrected chi connectivity index (χ4v) is 5.16. The van der Waals surface area contributed by atoms with Gasteiger partial charge in [0.2, 0.25) is 17.7 Å². The lowest BCUT2D eigenvalue weighted by Crippen LogP contribution is -2.54. The lowest BCUT2D eigenvalue weighted by Gasteiger charge is -2.23. The highest BCUT2D eigenvalue weighted by atomic mass is 16.2. The summed E-state index contributed by atoms with van der Waals surface area (Å²) in [7, 11) is 0. The minimum atomic E-state index is -0.864. The molecule has 10 nitrogen and oxygen atoms in total. The number of rotatable bonds is 16. The first-order chi connectivity index (χ1) is 21.8. The van der Waals surface area contributed by atoms with Crippen LogP contribution in [0.15, 0.2) is 90.1 Å². The molecule has 45 heavy (non-hydrogen) atoms. The molecule has 2 atom stereocenters. The van der Waals surface area contributed by atoms with Crippen molar-refractivity contribution in [1.82, 2.24) is 20.9 Å². The summed E-state index contributed by atoms with van der Waals surface area (Å²) in [6, 6.07) is 23.8. The van der Waals surface area contributed by atoms with E-state index in [1.165, 1.54) is 0 Å². The first kappa shape index (κ1) is 32.8. The molecule has 0 spiro atoms. The number of hydrogen-bond donors (Lipinski definition) is 6. The van der Waals surface area contributed by atoms with E-state index in [1.54, 1.807) is 0 Å². The van der Waals surface area contributed by atoms with E-state index in [2.05, 4.69) is 25.9 Å². The van der Waals surface area contributed by atoms with Crippen LogP contribution in [0.25, 0.3) is 10.9 Å². The van der Waals surface area contributed by atoms with Crippen molar-refractivity contribution < 1.29 is 14.4 Å². The maximum absolute atomic E-state index is 13.7. The Morgan fingerprint density at radius 3 is 2.31 bits per heavy atom. The number of amides is 3. The molecule has 0 bridgehead atoms. The smallest absolute Gasteiger partial charge is 0.243 e. The summed E-state index contributed by atoms with van der Waals surface area (Å²) in [6.07, 6.45) is 4.44. The molecule has 10 heteroatoms. The summed E-state index contributed by atoms with van der Waals surface area (Å²) in [5.41, 5.74) is 16.1. The normalized spacial score (nSPS) is 12.2. The second-order valence-electron chi connectivity index (χ2n) is 11.2. The minimum absolute atomic E-state index is 0.0324. The van der Waals surface area contributed by atoms with Crippen LogP contribution in [0.4, 0.5) is 0 Å². The lowest BCUT2D eigenvalue weighted by molar-refractivity contribution is -0.132. The van der Waals surface area contributed by atoms with Gasteiger partial charge in [0, 0.05) is 43.0 Å². The van der Waals surface area contributed by atoms with Crippen molar-refractivity contribution in [3.05, 3.63) is 107 Å².